The number of ether oxygens (including phenoxy) is 1. The van der Waals surface area contributed by atoms with Gasteiger partial charge < -0.3 is 10.1 Å². The minimum absolute atomic E-state index is 0.107. The van der Waals surface area contributed by atoms with Gasteiger partial charge in [-0.1, -0.05) is 13.8 Å². The van der Waals surface area contributed by atoms with E-state index in [0.29, 0.717) is 6.04 Å². The first-order chi connectivity index (χ1) is 8.00. The monoisotopic (exact) mass is 240 g/mol. The van der Waals surface area contributed by atoms with E-state index in [4.69, 9.17) is 4.74 Å². The second-order valence-electron chi connectivity index (χ2n) is 6.46. The van der Waals surface area contributed by atoms with E-state index in [-0.39, 0.29) is 5.60 Å². The zero-order valence-corrected chi connectivity index (χ0v) is 11.8. The van der Waals surface area contributed by atoms with Crippen LogP contribution in [0.5, 0.6) is 0 Å². The fourth-order valence-electron chi connectivity index (χ4n) is 3.12. The van der Waals surface area contributed by atoms with E-state index >= 15 is 0 Å². The van der Waals surface area contributed by atoms with Gasteiger partial charge >= 0.3 is 0 Å². The summed E-state index contributed by atoms with van der Waals surface area (Å²) in [6.07, 6.45) is 1.38. The van der Waals surface area contributed by atoms with E-state index in [1.165, 1.54) is 13.0 Å². The van der Waals surface area contributed by atoms with Gasteiger partial charge in [-0.3, -0.25) is 4.90 Å². The van der Waals surface area contributed by atoms with E-state index in [1.807, 2.05) is 0 Å². The summed E-state index contributed by atoms with van der Waals surface area (Å²) in [7, 11) is 0. The number of likely N-dealkylation sites (tertiary alicyclic amines) is 1. The summed E-state index contributed by atoms with van der Waals surface area (Å²) < 4.78 is 5.98. The summed E-state index contributed by atoms with van der Waals surface area (Å²) >= 11 is 0. The fourth-order valence-corrected chi connectivity index (χ4v) is 3.12. The molecule has 3 atom stereocenters. The van der Waals surface area contributed by atoms with Crippen molar-refractivity contribution in [1.29, 1.82) is 0 Å². The Morgan fingerprint density at radius 3 is 2.59 bits per heavy atom. The van der Waals surface area contributed by atoms with Gasteiger partial charge in [0.05, 0.1) is 12.2 Å². The summed E-state index contributed by atoms with van der Waals surface area (Å²) in [6.45, 7) is 14.5. The van der Waals surface area contributed by atoms with E-state index < -0.39 is 0 Å². The lowest BCUT2D eigenvalue weighted by molar-refractivity contribution is -0.0788. The van der Waals surface area contributed by atoms with Crippen LogP contribution in [0, 0.1) is 11.8 Å². The van der Waals surface area contributed by atoms with Gasteiger partial charge in [0, 0.05) is 32.2 Å². The first-order valence-corrected chi connectivity index (χ1v) is 7.09. The van der Waals surface area contributed by atoms with E-state index in [1.54, 1.807) is 0 Å². The minimum Gasteiger partial charge on any atom is -0.371 e. The predicted molar refractivity (Wildman–Crippen MR) is 71.2 cm³/mol. The van der Waals surface area contributed by atoms with Crippen LogP contribution < -0.4 is 5.32 Å². The van der Waals surface area contributed by atoms with Gasteiger partial charge in [-0.25, -0.2) is 0 Å². The summed E-state index contributed by atoms with van der Waals surface area (Å²) in [6, 6.07) is 0.710. The number of piperidine rings is 1. The molecule has 0 bridgehead atoms. The van der Waals surface area contributed by atoms with Crippen molar-refractivity contribution in [2.45, 2.75) is 45.8 Å². The third kappa shape index (κ3) is 3.21. The summed E-state index contributed by atoms with van der Waals surface area (Å²) in [4.78, 5) is 2.61. The fraction of sp³-hybridized carbons (Fsp3) is 1.00. The molecule has 0 radical (unpaired) electrons. The van der Waals surface area contributed by atoms with Gasteiger partial charge in [0.25, 0.3) is 0 Å². The molecule has 2 aliphatic heterocycles. The molecule has 100 valence electrons. The molecular formula is C14H28N2O. The lowest BCUT2D eigenvalue weighted by Crippen LogP contribution is -2.59. The van der Waals surface area contributed by atoms with Crippen molar-refractivity contribution in [3.63, 3.8) is 0 Å². The molecule has 0 amide bonds. The number of rotatable bonds is 4. The number of hydrogen-bond acceptors (Lipinski definition) is 3. The molecule has 3 nitrogen and oxygen atoms in total. The SMILES string of the molecule is CC1CC(C)C(C)N(CCOC2(C)CNC2)C1. The standard InChI is InChI=1S/C14H28N2O/c1-11-7-12(2)13(3)16(8-11)5-6-17-14(4)9-15-10-14/h11-13,15H,5-10H2,1-4H3. The summed E-state index contributed by atoms with van der Waals surface area (Å²) in [5.41, 5.74) is 0.107. The van der Waals surface area contributed by atoms with Crippen LogP contribution in [-0.4, -0.2) is 49.3 Å². The van der Waals surface area contributed by atoms with E-state index in [9.17, 15) is 0 Å². The van der Waals surface area contributed by atoms with Gasteiger partial charge in [0.1, 0.15) is 0 Å². The second-order valence-corrected chi connectivity index (χ2v) is 6.46. The summed E-state index contributed by atoms with van der Waals surface area (Å²) in [5, 5.41) is 3.27. The molecule has 0 spiro atoms. The molecule has 0 aromatic rings. The molecule has 2 heterocycles. The van der Waals surface area contributed by atoms with Crippen molar-refractivity contribution in [3.05, 3.63) is 0 Å². The number of hydrogen-bond donors (Lipinski definition) is 1. The Balaban J connectivity index is 1.73. The highest BCUT2D eigenvalue weighted by Crippen LogP contribution is 2.26. The van der Waals surface area contributed by atoms with Crippen molar-refractivity contribution in [2.75, 3.05) is 32.8 Å². The van der Waals surface area contributed by atoms with Crippen LogP contribution in [0.1, 0.15) is 34.1 Å². The van der Waals surface area contributed by atoms with E-state index in [2.05, 4.69) is 37.9 Å². The molecule has 2 rings (SSSR count). The highest BCUT2D eigenvalue weighted by atomic mass is 16.5. The Bertz CT molecular complexity index is 253. The zero-order chi connectivity index (χ0) is 12.5. The van der Waals surface area contributed by atoms with Crippen molar-refractivity contribution in [1.82, 2.24) is 10.2 Å². The molecule has 0 aliphatic carbocycles. The second kappa shape index (κ2) is 5.25. The van der Waals surface area contributed by atoms with Crippen LogP contribution in [0.3, 0.4) is 0 Å². The molecule has 0 saturated carbocycles. The van der Waals surface area contributed by atoms with Gasteiger partial charge in [-0.2, -0.15) is 0 Å². The van der Waals surface area contributed by atoms with Crippen molar-refractivity contribution >= 4 is 0 Å². The quantitative estimate of drug-likeness (QED) is 0.810. The van der Waals surface area contributed by atoms with Crippen molar-refractivity contribution in [2.24, 2.45) is 11.8 Å². The van der Waals surface area contributed by atoms with E-state index in [0.717, 1.165) is 38.1 Å². The molecule has 2 aliphatic rings. The van der Waals surface area contributed by atoms with Gasteiger partial charge in [0.15, 0.2) is 0 Å². The molecule has 17 heavy (non-hydrogen) atoms. The smallest absolute Gasteiger partial charge is 0.0902 e. The molecule has 2 saturated heterocycles. The lowest BCUT2D eigenvalue weighted by Gasteiger charge is -2.43. The third-order valence-corrected chi connectivity index (χ3v) is 4.55. The highest BCUT2D eigenvalue weighted by Gasteiger charge is 2.33. The largest absolute Gasteiger partial charge is 0.371 e. The zero-order valence-electron chi connectivity index (χ0n) is 11.8. The van der Waals surface area contributed by atoms with Crippen LogP contribution >= 0.6 is 0 Å². The average Bonchev–Trinajstić information content (AvgIpc) is 2.22. The Morgan fingerprint density at radius 1 is 1.29 bits per heavy atom. The maximum Gasteiger partial charge on any atom is 0.0902 e. The van der Waals surface area contributed by atoms with Crippen molar-refractivity contribution < 1.29 is 4.74 Å². The summed E-state index contributed by atoms with van der Waals surface area (Å²) in [5.74, 6) is 1.65. The lowest BCUT2D eigenvalue weighted by atomic mass is 9.86. The predicted octanol–water partition coefficient (Wildman–Crippen LogP) is 1.73. The average molecular weight is 240 g/mol. The first-order valence-electron chi connectivity index (χ1n) is 7.09. The Kier molecular flexibility index (Phi) is 4.11. The number of nitrogens with one attached hydrogen (secondary N) is 1. The van der Waals surface area contributed by atoms with Crippen LogP contribution in [0.2, 0.25) is 0 Å². The molecule has 0 aromatic heterocycles. The van der Waals surface area contributed by atoms with Gasteiger partial charge in [-0.15, -0.1) is 0 Å². The minimum atomic E-state index is 0.107. The Hall–Kier alpha value is -0.120. The van der Waals surface area contributed by atoms with Gasteiger partial charge in [-0.05, 0) is 32.1 Å². The number of nitrogens with zero attached hydrogens (tertiary/aromatic N) is 1. The maximum absolute atomic E-state index is 5.98. The molecule has 0 aromatic carbocycles. The van der Waals surface area contributed by atoms with Crippen LogP contribution in [0.25, 0.3) is 0 Å². The molecular weight excluding hydrogens is 212 g/mol. The molecule has 3 heteroatoms. The molecule has 1 N–H and O–H groups in total. The normalized spacial score (nSPS) is 37.8. The van der Waals surface area contributed by atoms with Crippen molar-refractivity contribution in [3.8, 4) is 0 Å². The van der Waals surface area contributed by atoms with Gasteiger partial charge in [0.2, 0.25) is 0 Å². The first kappa shape index (κ1) is 13.3. The maximum atomic E-state index is 5.98. The molecule has 3 unspecified atom stereocenters. The van der Waals surface area contributed by atoms with Crippen LogP contribution in [0.4, 0.5) is 0 Å². The Morgan fingerprint density at radius 2 is 2.00 bits per heavy atom. The third-order valence-electron chi connectivity index (χ3n) is 4.55. The molecule has 2 fully saturated rings. The Labute approximate surface area is 106 Å². The van der Waals surface area contributed by atoms with Crippen LogP contribution in [-0.2, 0) is 4.74 Å². The topological polar surface area (TPSA) is 24.5 Å². The highest BCUT2D eigenvalue weighted by molar-refractivity contribution is 4.90. The van der Waals surface area contributed by atoms with Crippen LogP contribution in [0.15, 0.2) is 0 Å².